The number of carbonyl (C=O) groups excluding carboxylic acids is 1. The van der Waals surface area contributed by atoms with E-state index in [1.807, 2.05) is 36.4 Å². The lowest BCUT2D eigenvalue weighted by molar-refractivity contribution is -0.158. The summed E-state index contributed by atoms with van der Waals surface area (Å²) in [5, 5.41) is 0. The first-order chi connectivity index (χ1) is 13.1. The lowest BCUT2D eigenvalue weighted by atomic mass is 9.66. The van der Waals surface area contributed by atoms with Crippen molar-refractivity contribution < 1.29 is 9.53 Å². The third-order valence-corrected chi connectivity index (χ3v) is 6.26. The van der Waals surface area contributed by atoms with Crippen LogP contribution in [-0.4, -0.2) is 12.1 Å². The van der Waals surface area contributed by atoms with Crippen LogP contribution < -0.4 is 0 Å². The predicted molar refractivity (Wildman–Crippen MR) is 121 cm³/mol. The van der Waals surface area contributed by atoms with Gasteiger partial charge in [-0.3, -0.25) is 0 Å². The molecule has 28 heavy (non-hydrogen) atoms. The molecule has 1 rings (SSSR count). The average Bonchev–Trinajstić information content (AvgIpc) is 2.67. The van der Waals surface area contributed by atoms with Crippen molar-refractivity contribution in [2.45, 2.75) is 93.1 Å². The number of hydrogen-bond acceptors (Lipinski definition) is 2. The molecule has 0 saturated carbocycles. The van der Waals surface area contributed by atoms with E-state index >= 15 is 0 Å². The molecule has 2 atom stereocenters. The Bertz CT molecular complexity index is 598. The first kappa shape index (κ1) is 24.5. The van der Waals surface area contributed by atoms with Gasteiger partial charge in [0.25, 0.3) is 0 Å². The minimum atomic E-state index is -0.239. The van der Waals surface area contributed by atoms with Gasteiger partial charge in [-0.1, -0.05) is 104 Å². The summed E-state index contributed by atoms with van der Waals surface area (Å²) in [5.41, 5.74) is 1.10. The Labute approximate surface area is 173 Å². The first-order valence-electron chi connectivity index (χ1n) is 11.1. The molecule has 0 aliphatic heterocycles. The van der Waals surface area contributed by atoms with Crippen molar-refractivity contribution in [1.29, 1.82) is 0 Å². The Morgan fingerprint density at radius 1 is 0.964 bits per heavy atom. The topological polar surface area (TPSA) is 26.3 Å². The van der Waals surface area contributed by atoms with Crippen molar-refractivity contribution >= 4 is 12.0 Å². The number of esters is 1. The van der Waals surface area contributed by atoms with E-state index in [9.17, 15) is 4.79 Å². The van der Waals surface area contributed by atoms with Gasteiger partial charge in [0.2, 0.25) is 0 Å². The second-order valence-electron chi connectivity index (χ2n) is 9.57. The van der Waals surface area contributed by atoms with E-state index < -0.39 is 0 Å². The largest absolute Gasteiger partial charge is 0.458 e. The molecule has 0 bridgehead atoms. The molecular weight excluding hydrogens is 344 g/mol. The van der Waals surface area contributed by atoms with Crippen LogP contribution >= 0.6 is 0 Å². The predicted octanol–water partition coefficient (Wildman–Crippen LogP) is 7.68. The van der Waals surface area contributed by atoms with Crippen LogP contribution in [0.4, 0.5) is 0 Å². The molecule has 0 aromatic heterocycles. The molecule has 0 spiro atoms. The van der Waals surface area contributed by atoms with Crippen LogP contribution in [-0.2, 0) is 9.53 Å². The second kappa shape index (κ2) is 11.4. The van der Waals surface area contributed by atoms with Crippen LogP contribution in [0.2, 0.25) is 0 Å². The van der Waals surface area contributed by atoms with Crippen LogP contribution in [0, 0.1) is 16.7 Å². The Kier molecular flexibility index (Phi) is 9.99. The Morgan fingerprint density at radius 3 is 2.04 bits per heavy atom. The molecule has 0 radical (unpaired) electrons. The molecule has 2 unspecified atom stereocenters. The Hall–Kier alpha value is -1.57. The highest BCUT2D eigenvalue weighted by molar-refractivity contribution is 5.87. The van der Waals surface area contributed by atoms with E-state index in [4.69, 9.17) is 4.74 Å². The number of hydrogen-bond donors (Lipinski definition) is 0. The zero-order valence-corrected chi connectivity index (χ0v) is 19.3. The van der Waals surface area contributed by atoms with Gasteiger partial charge in [0.15, 0.2) is 0 Å². The molecule has 2 heteroatoms. The number of rotatable bonds is 12. The highest BCUT2D eigenvalue weighted by Gasteiger charge is 2.42. The van der Waals surface area contributed by atoms with Crippen molar-refractivity contribution in [2.24, 2.45) is 16.7 Å². The minimum Gasteiger partial charge on any atom is -0.458 e. The third kappa shape index (κ3) is 7.81. The highest BCUT2D eigenvalue weighted by Crippen LogP contribution is 2.43. The number of unbranched alkanes of at least 4 members (excludes halogenated alkanes) is 2. The van der Waals surface area contributed by atoms with Crippen LogP contribution in [0.15, 0.2) is 36.4 Å². The summed E-state index contributed by atoms with van der Waals surface area (Å²) in [6.07, 6.45) is 10.3. The van der Waals surface area contributed by atoms with E-state index in [1.54, 1.807) is 6.08 Å². The second-order valence-corrected chi connectivity index (χ2v) is 9.57. The quantitative estimate of drug-likeness (QED) is 0.272. The monoisotopic (exact) mass is 386 g/mol. The minimum absolute atomic E-state index is 0.0465. The van der Waals surface area contributed by atoms with E-state index in [0.717, 1.165) is 31.2 Å². The number of benzene rings is 1. The molecule has 0 fully saturated rings. The SMILES string of the molecule is CCCCC(C)(C)C(C)C(OC(=O)/C=C\c1ccccc1)C(C)(C)CCCC. The molecule has 1 aromatic rings. The summed E-state index contributed by atoms with van der Waals surface area (Å²) < 4.78 is 6.14. The number of carbonyl (C=O) groups is 1. The van der Waals surface area contributed by atoms with Crippen molar-refractivity contribution in [1.82, 2.24) is 0 Å². The zero-order valence-electron chi connectivity index (χ0n) is 19.3. The number of ether oxygens (including phenoxy) is 1. The standard InChI is InChI=1S/C26H42O2/c1-8-10-19-25(4,5)21(3)24(26(6,7)20-11-9-2)28-23(27)18-17-22-15-13-12-14-16-22/h12-18,21,24H,8-11,19-20H2,1-7H3/b18-17-. The van der Waals surface area contributed by atoms with Crippen molar-refractivity contribution in [2.75, 3.05) is 0 Å². The Balaban J connectivity index is 2.99. The van der Waals surface area contributed by atoms with Gasteiger partial charge in [-0.15, -0.1) is 0 Å². The molecule has 0 saturated heterocycles. The molecule has 1 aromatic carbocycles. The molecule has 0 amide bonds. The lowest BCUT2D eigenvalue weighted by Crippen LogP contribution is -2.44. The summed E-state index contributed by atoms with van der Waals surface area (Å²) in [7, 11) is 0. The fourth-order valence-corrected chi connectivity index (χ4v) is 3.88. The summed E-state index contributed by atoms with van der Waals surface area (Å²) >= 11 is 0. The van der Waals surface area contributed by atoms with Crippen LogP contribution in [0.5, 0.6) is 0 Å². The molecule has 0 aliphatic rings. The van der Waals surface area contributed by atoms with Gasteiger partial charge in [-0.05, 0) is 35.8 Å². The lowest BCUT2D eigenvalue weighted by Gasteiger charge is -2.44. The summed E-state index contributed by atoms with van der Waals surface area (Å²) in [6, 6.07) is 9.90. The summed E-state index contributed by atoms with van der Waals surface area (Å²) in [6.45, 7) is 15.9. The molecule has 158 valence electrons. The van der Waals surface area contributed by atoms with E-state index in [1.165, 1.54) is 12.8 Å². The first-order valence-corrected chi connectivity index (χ1v) is 11.1. The summed E-state index contributed by atoms with van der Waals surface area (Å²) in [4.78, 5) is 12.7. The molecule has 2 nitrogen and oxygen atoms in total. The van der Waals surface area contributed by atoms with Gasteiger partial charge in [0, 0.05) is 11.5 Å². The normalized spacial score (nSPS) is 14.8. The van der Waals surface area contributed by atoms with E-state index in [0.29, 0.717) is 5.92 Å². The van der Waals surface area contributed by atoms with Gasteiger partial charge < -0.3 is 4.74 Å². The van der Waals surface area contributed by atoms with Crippen LogP contribution in [0.25, 0.3) is 6.08 Å². The van der Waals surface area contributed by atoms with Gasteiger partial charge >= 0.3 is 5.97 Å². The maximum atomic E-state index is 12.7. The molecule has 0 heterocycles. The maximum absolute atomic E-state index is 12.7. The van der Waals surface area contributed by atoms with Gasteiger partial charge in [0.05, 0.1) is 0 Å². The van der Waals surface area contributed by atoms with Gasteiger partial charge in [0.1, 0.15) is 6.10 Å². The third-order valence-electron chi connectivity index (χ3n) is 6.26. The molecule has 0 N–H and O–H groups in total. The van der Waals surface area contributed by atoms with Crippen molar-refractivity contribution in [3.05, 3.63) is 42.0 Å². The van der Waals surface area contributed by atoms with Gasteiger partial charge in [-0.25, -0.2) is 4.79 Å². The van der Waals surface area contributed by atoms with Crippen LogP contribution in [0.3, 0.4) is 0 Å². The fourth-order valence-electron chi connectivity index (χ4n) is 3.88. The highest BCUT2D eigenvalue weighted by atomic mass is 16.5. The fraction of sp³-hybridized carbons (Fsp3) is 0.654. The molecular formula is C26H42O2. The summed E-state index contributed by atoms with van der Waals surface area (Å²) in [5.74, 6) is 0.0524. The van der Waals surface area contributed by atoms with E-state index in [2.05, 4.69) is 48.5 Å². The van der Waals surface area contributed by atoms with Crippen LogP contribution in [0.1, 0.15) is 92.6 Å². The maximum Gasteiger partial charge on any atom is 0.331 e. The van der Waals surface area contributed by atoms with Crippen molar-refractivity contribution in [3.63, 3.8) is 0 Å². The van der Waals surface area contributed by atoms with Crippen molar-refractivity contribution in [3.8, 4) is 0 Å². The smallest absolute Gasteiger partial charge is 0.331 e. The Morgan fingerprint density at radius 2 is 1.50 bits per heavy atom. The van der Waals surface area contributed by atoms with E-state index in [-0.39, 0.29) is 22.9 Å². The molecule has 0 aliphatic carbocycles. The zero-order chi connectivity index (χ0) is 21.2. The van der Waals surface area contributed by atoms with Gasteiger partial charge in [-0.2, -0.15) is 0 Å². The average molecular weight is 387 g/mol.